The van der Waals surface area contributed by atoms with E-state index in [2.05, 4.69) is 4.74 Å². The molecule has 1 N–H and O–H groups in total. The van der Waals surface area contributed by atoms with Gasteiger partial charge in [0.1, 0.15) is 6.07 Å². The minimum Gasteiger partial charge on any atom is -0.464 e. The molecule has 0 aliphatic heterocycles. The molecule has 0 aromatic heterocycles. The van der Waals surface area contributed by atoms with Crippen LogP contribution in [0.15, 0.2) is 5.57 Å². The first-order chi connectivity index (χ1) is 4.26. The maximum absolute atomic E-state index is 10.3. The van der Waals surface area contributed by atoms with E-state index in [1.807, 2.05) is 0 Å². The molecule has 4 heteroatoms. The first kappa shape index (κ1) is 7.41. The maximum Gasteiger partial charge on any atom is 0.358 e. The van der Waals surface area contributed by atoms with E-state index >= 15 is 0 Å². The molecule has 9 heavy (non-hydrogen) atoms. The van der Waals surface area contributed by atoms with Crippen molar-refractivity contribution in [3.05, 3.63) is 5.57 Å². The van der Waals surface area contributed by atoms with Crippen molar-refractivity contribution < 1.29 is 9.53 Å². The van der Waals surface area contributed by atoms with Gasteiger partial charge in [0.15, 0.2) is 5.57 Å². The number of nitrogens with one attached hydrogen (secondary N) is 1. The van der Waals surface area contributed by atoms with Crippen LogP contribution in [0, 0.1) is 16.7 Å². The summed E-state index contributed by atoms with van der Waals surface area (Å²) in [6, 6.07) is 1.45. The van der Waals surface area contributed by atoms with E-state index in [-0.39, 0.29) is 0 Å². The van der Waals surface area contributed by atoms with Crippen LogP contribution >= 0.6 is 0 Å². The van der Waals surface area contributed by atoms with E-state index in [9.17, 15) is 4.79 Å². The van der Waals surface area contributed by atoms with Crippen LogP contribution in [0.25, 0.3) is 0 Å². The summed E-state index contributed by atoms with van der Waals surface area (Å²) in [7, 11) is 1.14. The molecule has 0 aliphatic carbocycles. The Bertz CT molecular complexity index is 207. The maximum atomic E-state index is 10.3. The molecule has 0 bridgehead atoms. The summed E-state index contributed by atoms with van der Waals surface area (Å²) < 4.78 is 4.11. The number of rotatable bonds is 1. The molecular weight excluding hydrogens is 120 g/mol. The Morgan fingerprint density at radius 2 is 2.33 bits per heavy atom. The van der Waals surface area contributed by atoms with Gasteiger partial charge in [0, 0.05) is 5.87 Å². The SMILES string of the molecule is COC(=O)C(=C=N)C#N. The minimum atomic E-state index is -0.826. The Labute approximate surface area is 51.9 Å². The van der Waals surface area contributed by atoms with E-state index in [0.29, 0.717) is 0 Å². The fourth-order valence-electron chi connectivity index (χ4n) is 0.227. The number of nitrogens with zero attached hydrogens (tertiary/aromatic N) is 1. The highest BCUT2D eigenvalue weighted by molar-refractivity contribution is 6.01. The zero-order valence-electron chi connectivity index (χ0n) is 4.76. The Kier molecular flexibility index (Phi) is 2.81. The van der Waals surface area contributed by atoms with Crippen molar-refractivity contribution in [3.63, 3.8) is 0 Å². The van der Waals surface area contributed by atoms with Gasteiger partial charge >= 0.3 is 5.97 Å². The standard InChI is InChI=1S/C5H4N2O2/c1-9-5(8)4(2-6)3-7/h6H,1H3. The normalized spacial score (nSPS) is 6.67. The number of methoxy groups -OCH3 is 1. The van der Waals surface area contributed by atoms with Crippen LogP contribution in [0.2, 0.25) is 0 Å². The predicted octanol–water partition coefficient (Wildman–Crippen LogP) is -0.142. The molecule has 0 fully saturated rings. The monoisotopic (exact) mass is 124 g/mol. The molecule has 0 amide bonds. The lowest BCUT2D eigenvalue weighted by molar-refractivity contribution is -0.135. The van der Waals surface area contributed by atoms with Crippen LogP contribution in [0.3, 0.4) is 0 Å². The third-order valence-electron chi connectivity index (χ3n) is 0.626. The lowest BCUT2D eigenvalue weighted by Gasteiger charge is -1.88. The van der Waals surface area contributed by atoms with E-state index in [1.165, 1.54) is 6.07 Å². The zero-order valence-corrected chi connectivity index (χ0v) is 4.76. The van der Waals surface area contributed by atoms with E-state index < -0.39 is 11.5 Å². The molecule has 46 valence electrons. The molecule has 4 nitrogen and oxygen atoms in total. The smallest absolute Gasteiger partial charge is 0.358 e. The number of carbonyl (C=O) groups is 1. The van der Waals surface area contributed by atoms with Crippen LogP contribution < -0.4 is 0 Å². The molecule has 0 saturated heterocycles. The first-order valence-corrected chi connectivity index (χ1v) is 2.04. The Morgan fingerprint density at radius 1 is 1.78 bits per heavy atom. The Hall–Kier alpha value is -1.59. The van der Waals surface area contributed by atoms with E-state index in [0.717, 1.165) is 7.11 Å². The van der Waals surface area contributed by atoms with Gasteiger partial charge in [-0.25, -0.2) is 4.79 Å². The second-order valence-corrected chi connectivity index (χ2v) is 1.10. The Balaban J connectivity index is 4.39. The van der Waals surface area contributed by atoms with Crippen molar-refractivity contribution in [3.8, 4) is 6.07 Å². The third kappa shape index (κ3) is 1.76. The summed E-state index contributed by atoms with van der Waals surface area (Å²) in [4.78, 5) is 10.3. The topological polar surface area (TPSA) is 73.9 Å². The van der Waals surface area contributed by atoms with Crippen LogP contribution in [-0.2, 0) is 9.53 Å². The summed E-state index contributed by atoms with van der Waals surface area (Å²) in [5.41, 5.74) is -0.419. The van der Waals surface area contributed by atoms with Gasteiger partial charge in [-0.15, -0.1) is 0 Å². The number of esters is 1. The van der Waals surface area contributed by atoms with Crippen molar-refractivity contribution in [2.75, 3.05) is 7.11 Å². The summed E-state index contributed by atoms with van der Waals surface area (Å²) in [5.74, 6) is 0.807. The molecule has 0 saturated carbocycles. The predicted molar refractivity (Wildman–Crippen MR) is 28.9 cm³/mol. The molecule has 0 atom stereocenters. The molecular formula is C5H4N2O2. The third-order valence-corrected chi connectivity index (χ3v) is 0.626. The summed E-state index contributed by atoms with van der Waals surface area (Å²) in [5, 5.41) is 14.4. The summed E-state index contributed by atoms with van der Waals surface area (Å²) in [6.45, 7) is 0. The molecule has 0 unspecified atom stereocenters. The average molecular weight is 124 g/mol. The van der Waals surface area contributed by atoms with Gasteiger partial charge in [-0.05, 0) is 0 Å². The molecule has 0 spiro atoms. The van der Waals surface area contributed by atoms with Gasteiger partial charge in [0.05, 0.1) is 7.11 Å². The fourth-order valence-corrected chi connectivity index (χ4v) is 0.227. The van der Waals surface area contributed by atoms with E-state index in [1.54, 1.807) is 5.87 Å². The van der Waals surface area contributed by atoms with Gasteiger partial charge in [0.25, 0.3) is 0 Å². The largest absolute Gasteiger partial charge is 0.464 e. The molecule has 0 heterocycles. The highest BCUT2D eigenvalue weighted by Gasteiger charge is 2.06. The van der Waals surface area contributed by atoms with Crippen LogP contribution in [0.5, 0.6) is 0 Å². The van der Waals surface area contributed by atoms with Crippen molar-refractivity contribution in [2.24, 2.45) is 0 Å². The van der Waals surface area contributed by atoms with Crippen molar-refractivity contribution in [1.82, 2.24) is 0 Å². The second kappa shape index (κ2) is 3.42. The van der Waals surface area contributed by atoms with Crippen molar-refractivity contribution >= 4 is 11.8 Å². The minimum absolute atomic E-state index is 0.419. The van der Waals surface area contributed by atoms with Crippen molar-refractivity contribution in [1.29, 1.82) is 10.7 Å². The van der Waals surface area contributed by atoms with Gasteiger partial charge in [-0.3, -0.25) is 5.41 Å². The van der Waals surface area contributed by atoms with Crippen LogP contribution in [0.4, 0.5) is 0 Å². The number of ether oxygens (including phenoxy) is 1. The Morgan fingerprint density at radius 3 is 2.44 bits per heavy atom. The number of hydrogen-bond donors (Lipinski definition) is 1. The molecule has 0 rings (SSSR count). The first-order valence-electron chi connectivity index (χ1n) is 2.04. The molecule has 0 aliphatic rings. The van der Waals surface area contributed by atoms with Gasteiger partial charge in [-0.2, -0.15) is 5.26 Å². The van der Waals surface area contributed by atoms with Gasteiger partial charge in [-0.1, -0.05) is 0 Å². The van der Waals surface area contributed by atoms with Gasteiger partial charge in [0.2, 0.25) is 0 Å². The fraction of sp³-hybridized carbons (Fsp3) is 0.200. The number of carbonyl (C=O) groups excluding carboxylic acids is 1. The lowest BCUT2D eigenvalue weighted by Crippen LogP contribution is -2.02. The molecule has 0 aromatic carbocycles. The molecule has 0 aromatic rings. The van der Waals surface area contributed by atoms with Crippen LogP contribution in [-0.4, -0.2) is 18.9 Å². The van der Waals surface area contributed by atoms with E-state index in [4.69, 9.17) is 10.7 Å². The quantitative estimate of drug-likeness (QED) is 0.229. The second-order valence-electron chi connectivity index (χ2n) is 1.10. The number of nitriles is 1. The van der Waals surface area contributed by atoms with Crippen molar-refractivity contribution in [2.45, 2.75) is 0 Å². The lowest BCUT2D eigenvalue weighted by atomic mass is 10.3. The highest BCUT2D eigenvalue weighted by Crippen LogP contribution is 1.86. The highest BCUT2D eigenvalue weighted by atomic mass is 16.5. The molecule has 0 radical (unpaired) electrons. The van der Waals surface area contributed by atoms with Crippen LogP contribution in [0.1, 0.15) is 0 Å². The summed E-state index contributed by atoms with van der Waals surface area (Å²) in [6.07, 6.45) is 0. The average Bonchev–Trinajstić information content (AvgIpc) is 1.90. The zero-order chi connectivity index (χ0) is 7.28. The summed E-state index contributed by atoms with van der Waals surface area (Å²) >= 11 is 0. The van der Waals surface area contributed by atoms with Gasteiger partial charge < -0.3 is 4.74 Å². The number of hydrogen-bond acceptors (Lipinski definition) is 4.